The van der Waals surface area contributed by atoms with E-state index in [2.05, 4.69) is 0 Å². The maximum absolute atomic E-state index is 9.79. The summed E-state index contributed by atoms with van der Waals surface area (Å²) in [5.41, 5.74) is 0. The standard InChI is InChI=1S/C6H7ClO/c7-6(3-4-8)5-1-2-5/h3-5H,1-2H2. The first kappa shape index (κ1) is 5.83. The summed E-state index contributed by atoms with van der Waals surface area (Å²) < 4.78 is 0. The summed E-state index contributed by atoms with van der Waals surface area (Å²) in [6, 6.07) is 0. The largest absolute Gasteiger partial charge is 0.299 e. The van der Waals surface area contributed by atoms with E-state index >= 15 is 0 Å². The van der Waals surface area contributed by atoms with Gasteiger partial charge in [0.25, 0.3) is 0 Å². The molecule has 1 aliphatic rings. The van der Waals surface area contributed by atoms with Gasteiger partial charge in [0.15, 0.2) is 0 Å². The number of allylic oxidation sites excluding steroid dienone is 2. The van der Waals surface area contributed by atoms with Crippen LogP contribution in [0.15, 0.2) is 11.1 Å². The molecule has 0 aliphatic heterocycles. The first-order chi connectivity index (χ1) is 3.84. The van der Waals surface area contributed by atoms with Crippen molar-refractivity contribution in [2.75, 3.05) is 0 Å². The molecule has 0 atom stereocenters. The van der Waals surface area contributed by atoms with E-state index in [9.17, 15) is 4.79 Å². The maximum atomic E-state index is 9.79. The molecule has 0 aromatic heterocycles. The summed E-state index contributed by atoms with van der Waals surface area (Å²) in [5, 5.41) is 0.722. The van der Waals surface area contributed by atoms with Crippen LogP contribution in [-0.2, 0) is 4.79 Å². The molecule has 1 rings (SSSR count). The lowest BCUT2D eigenvalue weighted by atomic mass is 10.4. The molecule has 0 heterocycles. The molecule has 0 amide bonds. The van der Waals surface area contributed by atoms with Crippen LogP contribution in [-0.4, -0.2) is 6.29 Å². The van der Waals surface area contributed by atoms with Crippen LogP contribution in [0.5, 0.6) is 0 Å². The van der Waals surface area contributed by atoms with Crippen LogP contribution < -0.4 is 0 Å². The summed E-state index contributed by atoms with van der Waals surface area (Å²) in [7, 11) is 0. The van der Waals surface area contributed by atoms with Gasteiger partial charge in [0.1, 0.15) is 6.29 Å². The second-order valence-electron chi connectivity index (χ2n) is 1.96. The molecular weight excluding hydrogens is 124 g/mol. The Kier molecular flexibility index (Phi) is 1.69. The van der Waals surface area contributed by atoms with E-state index in [1.807, 2.05) is 0 Å². The molecule has 44 valence electrons. The van der Waals surface area contributed by atoms with Gasteiger partial charge in [0.05, 0.1) is 0 Å². The predicted octanol–water partition coefficient (Wildman–Crippen LogP) is 1.72. The van der Waals surface area contributed by atoms with E-state index in [1.54, 1.807) is 0 Å². The fraction of sp³-hybridized carbons (Fsp3) is 0.500. The molecule has 1 fully saturated rings. The lowest BCUT2D eigenvalue weighted by molar-refractivity contribution is -0.104. The van der Waals surface area contributed by atoms with Gasteiger partial charge in [-0.05, 0) is 24.8 Å². The molecule has 0 unspecified atom stereocenters. The van der Waals surface area contributed by atoms with Crippen molar-refractivity contribution >= 4 is 17.9 Å². The Bertz CT molecular complexity index is 124. The van der Waals surface area contributed by atoms with Gasteiger partial charge in [-0.25, -0.2) is 0 Å². The summed E-state index contributed by atoms with van der Waals surface area (Å²) >= 11 is 5.61. The predicted molar refractivity (Wildman–Crippen MR) is 32.7 cm³/mol. The molecule has 0 spiro atoms. The van der Waals surface area contributed by atoms with Crippen LogP contribution >= 0.6 is 11.6 Å². The van der Waals surface area contributed by atoms with Crippen LogP contribution in [0.2, 0.25) is 0 Å². The molecule has 0 bridgehead atoms. The number of aldehydes is 1. The van der Waals surface area contributed by atoms with Crippen molar-refractivity contribution in [2.24, 2.45) is 5.92 Å². The Balaban J connectivity index is 2.41. The van der Waals surface area contributed by atoms with Crippen molar-refractivity contribution in [1.82, 2.24) is 0 Å². The molecule has 1 nitrogen and oxygen atoms in total. The Morgan fingerprint density at radius 1 is 1.62 bits per heavy atom. The Morgan fingerprint density at radius 2 is 2.25 bits per heavy atom. The minimum absolute atomic E-state index is 0.516. The average Bonchev–Trinajstić information content (AvgIpc) is 2.45. The van der Waals surface area contributed by atoms with E-state index in [4.69, 9.17) is 11.6 Å². The third-order valence-corrected chi connectivity index (χ3v) is 1.63. The minimum Gasteiger partial charge on any atom is -0.299 e. The molecule has 0 saturated heterocycles. The monoisotopic (exact) mass is 130 g/mol. The lowest BCUT2D eigenvalue weighted by Gasteiger charge is -1.84. The number of carbonyl (C=O) groups excluding carboxylic acids is 1. The number of carbonyl (C=O) groups is 1. The summed E-state index contributed by atoms with van der Waals surface area (Å²) in [6.45, 7) is 0. The summed E-state index contributed by atoms with van der Waals surface area (Å²) in [4.78, 5) is 9.79. The van der Waals surface area contributed by atoms with Gasteiger partial charge in [0, 0.05) is 5.03 Å². The average molecular weight is 131 g/mol. The van der Waals surface area contributed by atoms with E-state index in [0.717, 1.165) is 24.2 Å². The molecule has 1 saturated carbocycles. The van der Waals surface area contributed by atoms with Gasteiger partial charge in [0.2, 0.25) is 0 Å². The van der Waals surface area contributed by atoms with Crippen LogP contribution in [0, 0.1) is 5.92 Å². The quantitative estimate of drug-likeness (QED) is 0.411. The highest BCUT2D eigenvalue weighted by Gasteiger charge is 2.24. The topological polar surface area (TPSA) is 17.1 Å². The minimum atomic E-state index is 0.516. The molecule has 0 N–H and O–H groups in total. The van der Waals surface area contributed by atoms with Crippen molar-refractivity contribution < 1.29 is 4.79 Å². The zero-order valence-corrected chi connectivity index (χ0v) is 5.19. The molecule has 0 aromatic rings. The zero-order chi connectivity index (χ0) is 5.98. The third kappa shape index (κ3) is 1.34. The molecule has 2 heteroatoms. The number of hydrogen-bond donors (Lipinski definition) is 0. The third-order valence-electron chi connectivity index (χ3n) is 1.19. The van der Waals surface area contributed by atoms with Crippen LogP contribution in [0.4, 0.5) is 0 Å². The Morgan fingerprint density at radius 3 is 2.62 bits per heavy atom. The van der Waals surface area contributed by atoms with Crippen LogP contribution in [0.3, 0.4) is 0 Å². The highest BCUT2D eigenvalue weighted by Crippen LogP contribution is 2.37. The lowest BCUT2D eigenvalue weighted by Crippen LogP contribution is -1.73. The fourth-order valence-electron chi connectivity index (χ4n) is 0.560. The summed E-state index contributed by atoms with van der Waals surface area (Å²) in [6.07, 6.45) is 4.48. The van der Waals surface area contributed by atoms with E-state index in [1.165, 1.54) is 6.08 Å². The second kappa shape index (κ2) is 2.31. The van der Waals surface area contributed by atoms with Gasteiger partial charge < -0.3 is 0 Å². The van der Waals surface area contributed by atoms with Gasteiger partial charge in [-0.2, -0.15) is 0 Å². The van der Waals surface area contributed by atoms with Gasteiger partial charge >= 0.3 is 0 Å². The van der Waals surface area contributed by atoms with Crippen molar-refractivity contribution in [1.29, 1.82) is 0 Å². The highest BCUT2D eigenvalue weighted by molar-refractivity contribution is 6.30. The SMILES string of the molecule is O=CC=C(Cl)C1CC1. The maximum Gasteiger partial charge on any atom is 0.144 e. The van der Waals surface area contributed by atoms with Gasteiger partial charge in [-0.15, -0.1) is 0 Å². The fourth-order valence-corrected chi connectivity index (χ4v) is 0.830. The number of rotatable bonds is 2. The van der Waals surface area contributed by atoms with Crippen molar-refractivity contribution in [2.45, 2.75) is 12.8 Å². The van der Waals surface area contributed by atoms with Crippen LogP contribution in [0.1, 0.15) is 12.8 Å². The first-order valence-corrected chi connectivity index (χ1v) is 3.03. The normalized spacial score (nSPS) is 20.9. The van der Waals surface area contributed by atoms with E-state index < -0.39 is 0 Å². The van der Waals surface area contributed by atoms with E-state index in [-0.39, 0.29) is 0 Å². The van der Waals surface area contributed by atoms with Crippen molar-refractivity contribution in [3.63, 3.8) is 0 Å². The Labute approximate surface area is 53.3 Å². The number of halogens is 1. The molecule has 1 aliphatic carbocycles. The van der Waals surface area contributed by atoms with E-state index in [0.29, 0.717) is 5.92 Å². The highest BCUT2D eigenvalue weighted by atomic mass is 35.5. The van der Waals surface area contributed by atoms with Crippen molar-refractivity contribution in [3.05, 3.63) is 11.1 Å². The Hall–Kier alpha value is -0.300. The molecule has 0 radical (unpaired) electrons. The number of hydrogen-bond acceptors (Lipinski definition) is 1. The van der Waals surface area contributed by atoms with Gasteiger partial charge in [-0.3, -0.25) is 4.79 Å². The second-order valence-corrected chi connectivity index (χ2v) is 2.40. The first-order valence-electron chi connectivity index (χ1n) is 2.65. The summed E-state index contributed by atoms with van der Waals surface area (Å²) in [5.74, 6) is 0.516. The smallest absolute Gasteiger partial charge is 0.144 e. The van der Waals surface area contributed by atoms with Crippen molar-refractivity contribution in [3.8, 4) is 0 Å². The van der Waals surface area contributed by atoms with Gasteiger partial charge in [-0.1, -0.05) is 11.6 Å². The zero-order valence-electron chi connectivity index (χ0n) is 4.43. The molecular formula is C6H7ClO. The molecule has 0 aromatic carbocycles. The van der Waals surface area contributed by atoms with Crippen LogP contribution in [0.25, 0.3) is 0 Å². The molecule has 8 heavy (non-hydrogen) atoms.